The molecule has 2 rings (SSSR count). The maximum atomic E-state index is 11.4. The number of amides is 1. The lowest BCUT2D eigenvalue weighted by Gasteiger charge is -2.27. The van der Waals surface area contributed by atoms with Crippen LogP contribution in [0.4, 0.5) is 5.69 Å². The van der Waals surface area contributed by atoms with Crippen molar-refractivity contribution in [1.82, 2.24) is 0 Å². The number of para-hydroxylation sites is 1. The van der Waals surface area contributed by atoms with Crippen molar-refractivity contribution in [1.29, 1.82) is 0 Å². The molecule has 3 heteroatoms. The minimum atomic E-state index is 0.00533. The molecule has 3 nitrogen and oxygen atoms in total. The van der Waals surface area contributed by atoms with E-state index in [1.54, 1.807) is 11.9 Å². The average Bonchev–Trinajstić information content (AvgIpc) is 2.23. The van der Waals surface area contributed by atoms with E-state index in [0.717, 1.165) is 23.4 Å². The van der Waals surface area contributed by atoms with Crippen LogP contribution in [0, 0.1) is 0 Å². The molecule has 1 aliphatic heterocycles. The molecule has 0 N–H and O–H groups in total. The van der Waals surface area contributed by atoms with Gasteiger partial charge >= 0.3 is 0 Å². The molecule has 0 fully saturated rings. The van der Waals surface area contributed by atoms with Gasteiger partial charge in [0, 0.05) is 7.05 Å². The summed E-state index contributed by atoms with van der Waals surface area (Å²) in [6, 6.07) is 5.89. The van der Waals surface area contributed by atoms with Crippen LogP contribution in [0.2, 0.25) is 0 Å². The van der Waals surface area contributed by atoms with E-state index in [4.69, 9.17) is 4.74 Å². The molecule has 0 atom stereocenters. The second kappa shape index (κ2) is 3.33. The van der Waals surface area contributed by atoms with Gasteiger partial charge < -0.3 is 9.64 Å². The van der Waals surface area contributed by atoms with E-state index in [1.165, 1.54) is 0 Å². The summed E-state index contributed by atoms with van der Waals surface area (Å²) in [7, 11) is 1.78. The van der Waals surface area contributed by atoms with E-state index in [0.29, 0.717) is 0 Å². The third-order valence-electron chi connectivity index (χ3n) is 2.53. The number of benzene rings is 1. The molecule has 1 heterocycles. The minimum Gasteiger partial charge on any atom is -0.481 e. The topological polar surface area (TPSA) is 29.5 Å². The smallest absolute Gasteiger partial charge is 0.264 e. The van der Waals surface area contributed by atoms with Gasteiger partial charge in [-0.3, -0.25) is 4.79 Å². The summed E-state index contributed by atoms with van der Waals surface area (Å²) in [6.07, 6.45) is 0.922. The van der Waals surface area contributed by atoms with Crippen molar-refractivity contribution < 1.29 is 9.53 Å². The molecule has 0 unspecified atom stereocenters. The SMILES string of the molecule is CCc1cccc2c1OCC(=O)N2C. The molecule has 1 aliphatic rings. The molecular weight excluding hydrogens is 178 g/mol. The highest BCUT2D eigenvalue weighted by Gasteiger charge is 2.23. The fourth-order valence-electron chi connectivity index (χ4n) is 1.65. The zero-order chi connectivity index (χ0) is 10.1. The van der Waals surface area contributed by atoms with Gasteiger partial charge in [-0.25, -0.2) is 0 Å². The van der Waals surface area contributed by atoms with Crippen molar-refractivity contribution in [3.8, 4) is 5.75 Å². The first kappa shape index (κ1) is 9.06. The summed E-state index contributed by atoms with van der Waals surface area (Å²) in [6.45, 7) is 2.23. The lowest BCUT2D eigenvalue weighted by molar-refractivity contribution is -0.121. The van der Waals surface area contributed by atoms with Crippen LogP contribution in [-0.2, 0) is 11.2 Å². The summed E-state index contributed by atoms with van der Waals surface area (Å²) in [5.41, 5.74) is 2.03. The predicted octanol–water partition coefficient (Wildman–Crippen LogP) is 1.60. The fourth-order valence-corrected chi connectivity index (χ4v) is 1.65. The zero-order valence-corrected chi connectivity index (χ0v) is 8.41. The molecule has 0 aromatic heterocycles. The zero-order valence-electron chi connectivity index (χ0n) is 8.41. The Kier molecular flexibility index (Phi) is 2.15. The highest BCUT2D eigenvalue weighted by Crippen LogP contribution is 2.34. The van der Waals surface area contributed by atoms with Gasteiger partial charge in [0.25, 0.3) is 5.91 Å². The molecular formula is C11H13NO2. The van der Waals surface area contributed by atoms with Crippen molar-refractivity contribution in [2.75, 3.05) is 18.6 Å². The lowest BCUT2D eigenvalue weighted by atomic mass is 10.1. The summed E-state index contributed by atoms with van der Waals surface area (Å²) in [4.78, 5) is 13.0. The van der Waals surface area contributed by atoms with Crippen LogP contribution in [-0.4, -0.2) is 19.6 Å². The maximum absolute atomic E-state index is 11.4. The molecule has 0 bridgehead atoms. The summed E-state index contributed by atoms with van der Waals surface area (Å²) < 4.78 is 5.44. The summed E-state index contributed by atoms with van der Waals surface area (Å²) in [5, 5.41) is 0. The number of hydrogen-bond donors (Lipinski definition) is 0. The predicted molar refractivity (Wildman–Crippen MR) is 54.7 cm³/mol. The van der Waals surface area contributed by atoms with Crippen LogP contribution < -0.4 is 9.64 Å². The van der Waals surface area contributed by atoms with E-state index >= 15 is 0 Å². The highest BCUT2D eigenvalue weighted by atomic mass is 16.5. The molecule has 1 aromatic rings. The van der Waals surface area contributed by atoms with Gasteiger partial charge in [0.1, 0.15) is 5.75 Å². The fraction of sp³-hybridized carbons (Fsp3) is 0.364. The Bertz CT molecular complexity index is 374. The van der Waals surface area contributed by atoms with Gasteiger partial charge in [0.05, 0.1) is 5.69 Å². The third kappa shape index (κ3) is 1.25. The number of hydrogen-bond acceptors (Lipinski definition) is 2. The second-order valence-electron chi connectivity index (χ2n) is 3.36. The summed E-state index contributed by atoms with van der Waals surface area (Å²) >= 11 is 0. The van der Waals surface area contributed by atoms with Gasteiger partial charge in [-0.1, -0.05) is 19.1 Å². The van der Waals surface area contributed by atoms with Crippen LogP contribution in [0.5, 0.6) is 5.75 Å². The van der Waals surface area contributed by atoms with Crippen LogP contribution in [0.3, 0.4) is 0 Å². The van der Waals surface area contributed by atoms with E-state index in [9.17, 15) is 4.79 Å². The first-order chi connectivity index (χ1) is 6.74. The molecule has 0 radical (unpaired) electrons. The Morgan fingerprint density at radius 1 is 1.50 bits per heavy atom. The van der Waals surface area contributed by atoms with Crippen molar-refractivity contribution >= 4 is 11.6 Å². The van der Waals surface area contributed by atoms with Gasteiger partial charge in [0.15, 0.2) is 6.61 Å². The number of ether oxygens (including phenoxy) is 1. The Morgan fingerprint density at radius 2 is 2.29 bits per heavy atom. The molecule has 14 heavy (non-hydrogen) atoms. The molecule has 0 aliphatic carbocycles. The first-order valence-corrected chi connectivity index (χ1v) is 4.75. The monoisotopic (exact) mass is 191 g/mol. The van der Waals surface area contributed by atoms with Crippen molar-refractivity contribution in [3.63, 3.8) is 0 Å². The van der Waals surface area contributed by atoms with E-state index in [1.807, 2.05) is 18.2 Å². The number of likely N-dealkylation sites (N-methyl/N-ethyl adjacent to an activating group) is 1. The quantitative estimate of drug-likeness (QED) is 0.674. The molecule has 1 amide bonds. The number of anilines is 1. The van der Waals surface area contributed by atoms with Crippen LogP contribution >= 0.6 is 0 Å². The van der Waals surface area contributed by atoms with Crippen LogP contribution in [0.1, 0.15) is 12.5 Å². The van der Waals surface area contributed by atoms with Crippen LogP contribution in [0.15, 0.2) is 18.2 Å². The third-order valence-corrected chi connectivity index (χ3v) is 2.53. The normalized spacial score (nSPS) is 15.0. The van der Waals surface area contributed by atoms with Crippen molar-refractivity contribution in [3.05, 3.63) is 23.8 Å². The second-order valence-corrected chi connectivity index (χ2v) is 3.36. The van der Waals surface area contributed by atoms with Crippen molar-refractivity contribution in [2.45, 2.75) is 13.3 Å². The highest BCUT2D eigenvalue weighted by molar-refractivity contribution is 5.97. The molecule has 1 aromatic carbocycles. The van der Waals surface area contributed by atoms with Gasteiger partial charge in [0.2, 0.25) is 0 Å². The largest absolute Gasteiger partial charge is 0.481 e. The molecule has 0 saturated heterocycles. The molecule has 0 saturated carbocycles. The number of nitrogens with zero attached hydrogens (tertiary/aromatic N) is 1. The van der Waals surface area contributed by atoms with E-state index in [-0.39, 0.29) is 12.5 Å². The first-order valence-electron chi connectivity index (χ1n) is 4.75. The van der Waals surface area contributed by atoms with Crippen LogP contribution in [0.25, 0.3) is 0 Å². The van der Waals surface area contributed by atoms with Gasteiger partial charge in [-0.2, -0.15) is 0 Å². The Morgan fingerprint density at radius 3 is 3.00 bits per heavy atom. The Balaban J connectivity index is 2.52. The number of rotatable bonds is 1. The molecule has 74 valence electrons. The minimum absolute atomic E-state index is 0.00533. The number of aryl methyl sites for hydroxylation is 1. The van der Waals surface area contributed by atoms with E-state index < -0.39 is 0 Å². The number of carbonyl (C=O) groups is 1. The standard InChI is InChI=1S/C11H13NO2/c1-3-8-5-4-6-9-11(8)14-7-10(13)12(9)2/h4-6H,3,7H2,1-2H3. The Hall–Kier alpha value is -1.51. The maximum Gasteiger partial charge on any atom is 0.264 e. The Labute approximate surface area is 83.3 Å². The van der Waals surface area contributed by atoms with Gasteiger partial charge in [-0.15, -0.1) is 0 Å². The summed E-state index contributed by atoms with van der Waals surface area (Å²) in [5.74, 6) is 0.864. The van der Waals surface area contributed by atoms with E-state index in [2.05, 4.69) is 6.92 Å². The van der Waals surface area contributed by atoms with Crippen molar-refractivity contribution in [2.24, 2.45) is 0 Å². The lowest BCUT2D eigenvalue weighted by Crippen LogP contribution is -2.35. The van der Waals surface area contributed by atoms with Gasteiger partial charge in [-0.05, 0) is 18.1 Å². The average molecular weight is 191 g/mol. The molecule has 0 spiro atoms. The number of fused-ring (bicyclic) bond motifs is 1. The number of carbonyl (C=O) groups excluding carboxylic acids is 1.